The average molecular weight is 304 g/mol. The van der Waals surface area contributed by atoms with Gasteiger partial charge in [-0.05, 0) is 45.0 Å². The fourth-order valence-electron chi connectivity index (χ4n) is 1.62. The van der Waals surface area contributed by atoms with Crippen LogP contribution in [0, 0.1) is 0 Å². The van der Waals surface area contributed by atoms with Crippen LogP contribution in [0.5, 0.6) is 0 Å². The molecule has 1 heterocycles. The summed E-state index contributed by atoms with van der Waals surface area (Å²) in [6, 6.07) is 6.60. The van der Waals surface area contributed by atoms with E-state index in [0.717, 1.165) is 6.26 Å². The number of hydrogen-bond donors (Lipinski definition) is 2. The van der Waals surface area contributed by atoms with Crippen LogP contribution in [0.15, 0.2) is 34.9 Å². The molecule has 0 aliphatic carbocycles. The van der Waals surface area contributed by atoms with E-state index < -0.39 is 17.7 Å². The maximum Gasteiger partial charge on any atom is 0.412 e. The summed E-state index contributed by atoms with van der Waals surface area (Å²) in [7, 11) is 0. The third-order valence-corrected chi connectivity index (χ3v) is 2.50. The summed E-state index contributed by atoms with van der Waals surface area (Å²) < 4.78 is 10.2. The van der Waals surface area contributed by atoms with Gasteiger partial charge in [0, 0.05) is 11.3 Å². The molecule has 0 aliphatic rings. The number of aromatic nitrogens is 1. The minimum atomic E-state index is -1.15. The highest BCUT2D eigenvalue weighted by Gasteiger charge is 2.16. The smallest absolute Gasteiger partial charge is 0.412 e. The molecule has 2 rings (SSSR count). The van der Waals surface area contributed by atoms with Crippen molar-refractivity contribution in [3.8, 4) is 11.5 Å². The molecule has 1 aromatic heterocycles. The summed E-state index contributed by atoms with van der Waals surface area (Å²) in [4.78, 5) is 26.2. The molecule has 0 unspecified atom stereocenters. The molecule has 0 bridgehead atoms. The van der Waals surface area contributed by atoms with Gasteiger partial charge < -0.3 is 14.3 Å². The minimum absolute atomic E-state index is 0.161. The zero-order chi connectivity index (χ0) is 16.3. The van der Waals surface area contributed by atoms with Gasteiger partial charge in [-0.25, -0.2) is 14.6 Å². The molecule has 0 saturated carbocycles. The van der Waals surface area contributed by atoms with Gasteiger partial charge in [-0.15, -0.1) is 0 Å². The van der Waals surface area contributed by atoms with Crippen molar-refractivity contribution in [1.82, 2.24) is 4.98 Å². The molecule has 1 aromatic carbocycles. The van der Waals surface area contributed by atoms with Gasteiger partial charge >= 0.3 is 12.1 Å². The number of carbonyl (C=O) groups excluding carboxylic acids is 1. The van der Waals surface area contributed by atoms with Crippen molar-refractivity contribution in [1.29, 1.82) is 0 Å². The number of anilines is 1. The van der Waals surface area contributed by atoms with Crippen molar-refractivity contribution in [2.75, 3.05) is 5.32 Å². The number of hydrogen-bond acceptors (Lipinski definition) is 5. The fourth-order valence-corrected chi connectivity index (χ4v) is 1.62. The number of nitrogens with one attached hydrogen (secondary N) is 1. The van der Waals surface area contributed by atoms with E-state index in [1.165, 1.54) is 0 Å². The van der Waals surface area contributed by atoms with E-state index in [-0.39, 0.29) is 11.6 Å². The second-order valence-corrected chi connectivity index (χ2v) is 5.55. The van der Waals surface area contributed by atoms with Crippen LogP contribution in [-0.2, 0) is 4.74 Å². The molecular weight excluding hydrogens is 288 g/mol. The molecule has 2 N–H and O–H groups in total. The molecule has 22 heavy (non-hydrogen) atoms. The number of oxazole rings is 1. The van der Waals surface area contributed by atoms with Gasteiger partial charge in [-0.1, -0.05) is 0 Å². The number of carboxylic acids is 1. The lowest BCUT2D eigenvalue weighted by Gasteiger charge is -2.19. The summed E-state index contributed by atoms with van der Waals surface area (Å²) in [5.41, 5.74) is 0.409. The Bertz CT molecular complexity index is 683. The van der Waals surface area contributed by atoms with E-state index in [2.05, 4.69) is 10.3 Å². The van der Waals surface area contributed by atoms with Crippen molar-refractivity contribution in [2.24, 2.45) is 0 Å². The molecule has 116 valence electrons. The number of benzene rings is 1. The Morgan fingerprint density at radius 3 is 2.36 bits per heavy atom. The SMILES string of the molecule is CC(C)(C)OC(=O)Nc1ccc(-c2nc(C(=O)O)co2)cc1. The standard InChI is InChI=1S/C15H16N2O5/c1-15(2,3)22-14(20)16-10-6-4-9(5-7-10)12-17-11(8-21-12)13(18)19/h4-8H,1-3H3,(H,16,20)(H,18,19). The highest BCUT2D eigenvalue weighted by Crippen LogP contribution is 2.21. The van der Waals surface area contributed by atoms with Crippen molar-refractivity contribution in [2.45, 2.75) is 26.4 Å². The number of amides is 1. The molecular formula is C15H16N2O5. The van der Waals surface area contributed by atoms with E-state index in [4.69, 9.17) is 14.3 Å². The highest BCUT2D eigenvalue weighted by atomic mass is 16.6. The molecule has 0 atom stereocenters. The van der Waals surface area contributed by atoms with E-state index in [0.29, 0.717) is 11.3 Å². The van der Waals surface area contributed by atoms with Crippen LogP contribution in [0.2, 0.25) is 0 Å². The molecule has 2 aromatic rings. The molecule has 7 heteroatoms. The van der Waals surface area contributed by atoms with E-state index in [1.807, 2.05) is 0 Å². The van der Waals surface area contributed by atoms with Gasteiger partial charge in [-0.3, -0.25) is 5.32 Å². The summed E-state index contributed by atoms with van der Waals surface area (Å²) in [6.45, 7) is 5.33. The van der Waals surface area contributed by atoms with Crippen molar-refractivity contribution >= 4 is 17.7 Å². The van der Waals surface area contributed by atoms with Crippen LogP contribution < -0.4 is 5.32 Å². The van der Waals surface area contributed by atoms with Crippen molar-refractivity contribution < 1.29 is 23.8 Å². The zero-order valence-corrected chi connectivity index (χ0v) is 12.4. The number of nitrogens with zero attached hydrogens (tertiary/aromatic N) is 1. The summed E-state index contributed by atoms with van der Waals surface area (Å²) in [5.74, 6) is -0.959. The minimum Gasteiger partial charge on any atom is -0.476 e. The quantitative estimate of drug-likeness (QED) is 0.901. The highest BCUT2D eigenvalue weighted by molar-refractivity contribution is 5.86. The first-order valence-electron chi connectivity index (χ1n) is 6.54. The van der Waals surface area contributed by atoms with Crippen LogP contribution >= 0.6 is 0 Å². The van der Waals surface area contributed by atoms with Crippen LogP contribution in [0.25, 0.3) is 11.5 Å². The number of carbonyl (C=O) groups is 2. The zero-order valence-electron chi connectivity index (χ0n) is 12.4. The molecule has 0 aliphatic heterocycles. The Morgan fingerprint density at radius 2 is 1.86 bits per heavy atom. The molecule has 0 radical (unpaired) electrons. The number of aromatic carboxylic acids is 1. The predicted octanol–water partition coefficient (Wildman–Crippen LogP) is 3.39. The summed E-state index contributed by atoms with van der Waals surface area (Å²) in [5, 5.41) is 11.4. The average Bonchev–Trinajstić information content (AvgIpc) is 2.87. The lowest BCUT2D eigenvalue weighted by molar-refractivity contribution is 0.0634. The molecule has 1 amide bonds. The molecule has 0 saturated heterocycles. The van der Waals surface area contributed by atoms with Gasteiger partial charge in [0.25, 0.3) is 0 Å². The Labute approximate surface area is 126 Å². The van der Waals surface area contributed by atoms with Crippen LogP contribution in [0.4, 0.5) is 10.5 Å². The second-order valence-electron chi connectivity index (χ2n) is 5.55. The number of rotatable bonds is 3. The lowest BCUT2D eigenvalue weighted by atomic mass is 10.2. The number of carboxylic acid groups (broad SMARTS) is 1. The van der Waals surface area contributed by atoms with Crippen LogP contribution in [0.1, 0.15) is 31.3 Å². The molecule has 0 spiro atoms. The van der Waals surface area contributed by atoms with Gasteiger partial charge in [-0.2, -0.15) is 0 Å². The first-order chi connectivity index (χ1) is 10.2. The Kier molecular flexibility index (Phi) is 4.16. The van der Waals surface area contributed by atoms with Crippen LogP contribution in [0.3, 0.4) is 0 Å². The first kappa shape index (κ1) is 15.6. The Balaban J connectivity index is 2.06. The van der Waals surface area contributed by atoms with Gasteiger partial charge in [0.2, 0.25) is 5.89 Å². The maximum absolute atomic E-state index is 11.6. The Hall–Kier alpha value is -2.83. The van der Waals surface area contributed by atoms with E-state index in [1.54, 1.807) is 45.0 Å². The normalized spacial score (nSPS) is 11.0. The molecule has 0 fully saturated rings. The largest absolute Gasteiger partial charge is 0.476 e. The lowest BCUT2D eigenvalue weighted by Crippen LogP contribution is -2.27. The summed E-state index contributed by atoms with van der Waals surface area (Å²) in [6.07, 6.45) is 0.523. The third kappa shape index (κ3) is 4.08. The monoisotopic (exact) mass is 304 g/mol. The fraction of sp³-hybridized carbons (Fsp3) is 0.267. The second kappa shape index (κ2) is 5.88. The van der Waals surface area contributed by atoms with Crippen molar-refractivity contribution in [3.63, 3.8) is 0 Å². The van der Waals surface area contributed by atoms with E-state index in [9.17, 15) is 9.59 Å². The summed E-state index contributed by atoms with van der Waals surface area (Å²) >= 11 is 0. The predicted molar refractivity (Wildman–Crippen MR) is 78.8 cm³/mol. The maximum atomic E-state index is 11.6. The third-order valence-electron chi connectivity index (χ3n) is 2.50. The van der Waals surface area contributed by atoms with E-state index >= 15 is 0 Å². The topological polar surface area (TPSA) is 102 Å². The van der Waals surface area contributed by atoms with Gasteiger partial charge in [0.15, 0.2) is 5.69 Å². The van der Waals surface area contributed by atoms with Crippen LogP contribution in [-0.4, -0.2) is 27.8 Å². The van der Waals surface area contributed by atoms with Gasteiger partial charge in [0.05, 0.1) is 0 Å². The first-order valence-corrected chi connectivity index (χ1v) is 6.54. The molecule has 7 nitrogen and oxygen atoms in total. The Morgan fingerprint density at radius 1 is 1.23 bits per heavy atom. The van der Waals surface area contributed by atoms with Crippen molar-refractivity contribution in [3.05, 3.63) is 36.2 Å². The van der Waals surface area contributed by atoms with Gasteiger partial charge in [0.1, 0.15) is 11.9 Å². The number of ether oxygens (including phenoxy) is 1.